The molecule has 0 fully saturated rings. The number of aryl methyl sites for hydroxylation is 1. The van der Waals surface area contributed by atoms with Gasteiger partial charge in [0.25, 0.3) is 0 Å². The van der Waals surface area contributed by atoms with Crippen molar-refractivity contribution >= 4 is 11.7 Å². The molecule has 82 valence electrons. The number of carbonyl (C=O) groups is 1. The van der Waals surface area contributed by atoms with Crippen molar-refractivity contribution in [1.82, 2.24) is 9.78 Å². The van der Waals surface area contributed by atoms with Crippen LogP contribution in [0.1, 0.15) is 11.8 Å². The molecule has 0 amide bonds. The molecule has 1 unspecified atom stereocenters. The molecule has 1 rings (SSSR count). The molecule has 0 aromatic carbocycles. The number of nitro groups is 1. The van der Waals surface area contributed by atoms with Gasteiger partial charge in [0, 0.05) is 7.05 Å². The minimum Gasteiger partial charge on any atom is -0.467 e. The summed E-state index contributed by atoms with van der Waals surface area (Å²) in [5.74, 6) is -0.971. The molecule has 8 nitrogen and oxygen atoms in total. The highest BCUT2D eigenvalue weighted by atomic mass is 16.6. The number of nitrogens with zero attached hydrogens (tertiary/aromatic N) is 3. The molecule has 1 aromatic rings. The third-order valence-electron chi connectivity index (χ3n) is 1.84. The third kappa shape index (κ3) is 1.94. The number of aliphatic hydroxyl groups is 1. The van der Waals surface area contributed by atoms with Crippen LogP contribution < -0.4 is 0 Å². The van der Waals surface area contributed by atoms with Gasteiger partial charge in [0.1, 0.15) is 6.20 Å². The summed E-state index contributed by atoms with van der Waals surface area (Å²) >= 11 is 0. The van der Waals surface area contributed by atoms with E-state index in [4.69, 9.17) is 0 Å². The lowest BCUT2D eigenvalue weighted by Crippen LogP contribution is -2.17. The second-order valence-electron chi connectivity index (χ2n) is 2.72. The van der Waals surface area contributed by atoms with E-state index in [1.54, 1.807) is 0 Å². The molecule has 1 N–H and O–H groups in total. The molecule has 15 heavy (non-hydrogen) atoms. The maximum atomic E-state index is 11.0. The van der Waals surface area contributed by atoms with Crippen molar-refractivity contribution in [3.05, 3.63) is 22.0 Å². The van der Waals surface area contributed by atoms with Gasteiger partial charge in [-0.2, -0.15) is 5.10 Å². The minimum absolute atomic E-state index is 0.202. The van der Waals surface area contributed by atoms with Crippen LogP contribution in [0.3, 0.4) is 0 Å². The average Bonchev–Trinajstić information content (AvgIpc) is 2.58. The number of carbonyl (C=O) groups excluding carboxylic acids is 1. The van der Waals surface area contributed by atoms with Gasteiger partial charge < -0.3 is 9.84 Å². The Morgan fingerprint density at radius 3 is 2.87 bits per heavy atom. The van der Waals surface area contributed by atoms with Crippen LogP contribution in [0.25, 0.3) is 0 Å². The Hall–Kier alpha value is -1.96. The summed E-state index contributed by atoms with van der Waals surface area (Å²) < 4.78 is 5.33. The Bertz CT molecular complexity index is 399. The largest absolute Gasteiger partial charge is 0.467 e. The predicted octanol–water partition coefficient (Wildman–Crippen LogP) is -0.465. The Labute approximate surface area is 84.2 Å². The number of aliphatic hydroxyl groups excluding tert-OH is 1. The van der Waals surface area contributed by atoms with Gasteiger partial charge in [-0.05, 0) is 0 Å². The molecule has 0 radical (unpaired) electrons. The van der Waals surface area contributed by atoms with Crippen molar-refractivity contribution in [3.8, 4) is 0 Å². The zero-order valence-corrected chi connectivity index (χ0v) is 8.08. The van der Waals surface area contributed by atoms with Crippen molar-refractivity contribution in [2.75, 3.05) is 7.11 Å². The second-order valence-corrected chi connectivity index (χ2v) is 2.72. The smallest absolute Gasteiger partial charge is 0.341 e. The highest BCUT2D eigenvalue weighted by Gasteiger charge is 2.30. The van der Waals surface area contributed by atoms with Crippen LogP contribution in [0, 0.1) is 10.1 Å². The summed E-state index contributed by atoms with van der Waals surface area (Å²) in [6, 6.07) is 0. The maximum Gasteiger partial charge on any atom is 0.341 e. The summed E-state index contributed by atoms with van der Waals surface area (Å²) in [6.45, 7) is 0. The number of ether oxygens (including phenoxy) is 1. The number of rotatable bonds is 3. The van der Waals surface area contributed by atoms with E-state index >= 15 is 0 Å². The van der Waals surface area contributed by atoms with Crippen LogP contribution in [-0.2, 0) is 16.6 Å². The lowest BCUT2D eigenvalue weighted by atomic mass is 10.2. The number of esters is 1. The Balaban J connectivity index is 3.17. The fourth-order valence-electron chi connectivity index (χ4n) is 1.12. The van der Waals surface area contributed by atoms with E-state index in [9.17, 15) is 20.0 Å². The fourth-order valence-corrected chi connectivity index (χ4v) is 1.12. The van der Waals surface area contributed by atoms with Crippen molar-refractivity contribution in [2.45, 2.75) is 6.10 Å². The molecule has 0 saturated heterocycles. The van der Waals surface area contributed by atoms with Crippen molar-refractivity contribution in [3.63, 3.8) is 0 Å². The van der Waals surface area contributed by atoms with Crippen LogP contribution in [0.5, 0.6) is 0 Å². The summed E-state index contributed by atoms with van der Waals surface area (Å²) in [7, 11) is 2.46. The second kappa shape index (κ2) is 4.05. The zero-order valence-electron chi connectivity index (χ0n) is 8.08. The van der Waals surface area contributed by atoms with Gasteiger partial charge in [-0.15, -0.1) is 0 Å². The monoisotopic (exact) mass is 215 g/mol. The lowest BCUT2D eigenvalue weighted by molar-refractivity contribution is -0.386. The fraction of sp³-hybridized carbons (Fsp3) is 0.429. The quantitative estimate of drug-likeness (QED) is 0.415. The summed E-state index contributed by atoms with van der Waals surface area (Å²) in [4.78, 5) is 20.8. The first-order valence-electron chi connectivity index (χ1n) is 3.91. The van der Waals surface area contributed by atoms with Gasteiger partial charge in [0.2, 0.25) is 6.10 Å². The van der Waals surface area contributed by atoms with Crippen LogP contribution in [0.15, 0.2) is 6.20 Å². The van der Waals surface area contributed by atoms with Gasteiger partial charge in [-0.3, -0.25) is 14.8 Å². The highest BCUT2D eigenvalue weighted by Crippen LogP contribution is 2.24. The van der Waals surface area contributed by atoms with Gasteiger partial charge >= 0.3 is 11.7 Å². The van der Waals surface area contributed by atoms with E-state index in [1.807, 2.05) is 0 Å². The van der Waals surface area contributed by atoms with E-state index in [-0.39, 0.29) is 5.69 Å². The van der Waals surface area contributed by atoms with E-state index in [0.717, 1.165) is 18.0 Å². The lowest BCUT2D eigenvalue weighted by Gasteiger charge is -2.07. The van der Waals surface area contributed by atoms with Crippen LogP contribution in [0.2, 0.25) is 0 Å². The minimum atomic E-state index is -1.71. The number of methoxy groups -OCH3 is 1. The first-order valence-corrected chi connectivity index (χ1v) is 3.91. The molecule has 0 bridgehead atoms. The van der Waals surface area contributed by atoms with Gasteiger partial charge in [-0.1, -0.05) is 0 Å². The molecule has 0 aliphatic heterocycles. The molecule has 8 heteroatoms. The molecule has 1 heterocycles. The van der Waals surface area contributed by atoms with Crippen molar-refractivity contribution < 1.29 is 19.6 Å². The van der Waals surface area contributed by atoms with Gasteiger partial charge in [0.05, 0.1) is 12.0 Å². The summed E-state index contributed by atoms with van der Waals surface area (Å²) in [5.41, 5.74) is -0.623. The van der Waals surface area contributed by atoms with E-state index in [2.05, 4.69) is 9.84 Å². The van der Waals surface area contributed by atoms with Crippen LogP contribution in [0.4, 0.5) is 5.69 Å². The van der Waals surface area contributed by atoms with Gasteiger partial charge in [0.15, 0.2) is 5.69 Å². The van der Waals surface area contributed by atoms with E-state index in [0.29, 0.717) is 0 Å². The molecule has 1 aromatic heterocycles. The SMILES string of the molecule is COC(=O)C(O)c1c([N+](=O)[O-])cnn1C. The molecular formula is C7H9N3O5. The Morgan fingerprint density at radius 1 is 1.80 bits per heavy atom. The number of hydrogen-bond donors (Lipinski definition) is 1. The third-order valence-corrected chi connectivity index (χ3v) is 1.84. The summed E-state index contributed by atoms with van der Waals surface area (Å²) in [6.07, 6.45) is -0.746. The number of aromatic nitrogens is 2. The van der Waals surface area contributed by atoms with Crippen molar-refractivity contribution in [1.29, 1.82) is 0 Å². The predicted molar refractivity (Wildman–Crippen MR) is 46.8 cm³/mol. The molecule has 0 aliphatic carbocycles. The standard InChI is InChI=1S/C7H9N3O5/c1-9-5(6(11)7(12)15-2)4(3-8-9)10(13)14/h3,6,11H,1-2H3. The molecule has 0 aliphatic rings. The molecule has 0 spiro atoms. The molecule has 0 saturated carbocycles. The first kappa shape index (κ1) is 11.1. The average molecular weight is 215 g/mol. The molecule has 1 atom stereocenters. The van der Waals surface area contributed by atoms with E-state index in [1.165, 1.54) is 7.05 Å². The Morgan fingerprint density at radius 2 is 2.40 bits per heavy atom. The Kier molecular flexibility index (Phi) is 3.00. The highest BCUT2D eigenvalue weighted by molar-refractivity contribution is 5.76. The van der Waals surface area contributed by atoms with Crippen LogP contribution >= 0.6 is 0 Å². The summed E-state index contributed by atoms with van der Waals surface area (Å²) in [5, 5.41) is 23.6. The zero-order chi connectivity index (χ0) is 11.6. The van der Waals surface area contributed by atoms with Crippen molar-refractivity contribution in [2.24, 2.45) is 7.05 Å². The first-order chi connectivity index (χ1) is 6.99. The van der Waals surface area contributed by atoms with E-state index < -0.39 is 22.7 Å². The normalized spacial score (nSPS) is 12.2. The topological polar surface area (TPSA) is 107 Å². The van der Waals surface area contributed by atoms with Gasteiger partial charge in [-0.25, -0.2) is 4.79 Å². The van der Waals surface area contributed by atoms with Crippen LogP contribution in [-0.4, -0.2) is 32.9 Å². The number of hydrogen-bond acceptors (Lipinski definition) is 6. The molecular weight excluding hydrogens is 206 g/mol. The maximum absolute atomic E-state index is 11.0.